The number of fused-ring (bicyclic) bond motifs is 2. The van der Waals surface area contributed by atoms with E-state index in [0.29, 0.717) is 39.6 Å². The van der Waals surface area contributed by atoms with Crippen molar-refractivity contribution in [3.63, 3.8) is 0 Å². The summed E-state index contributed by atoms with van der Waals surface area (Å²) in [6, 6.07) is 27.3. The van der Waals surface area contributed by atoms with Crippen LogP contribution >= 0.6 is 11.6 Å². The summed E-state index contributed by atoms with van der Waals surface area (Å²) >= 11 is 6.95. The molecular weight excluding hydrogens is 803 g/mol. The number of aryl methyl sites for hydroxylation is 2. The molecule has 10 rings (SSSR count). The number of likely N-dealkylation sites (N-methyl/N-ethyl adjacent to an activating group) is 2. The van der Waals surface area contributed by atoms with E-state index in [9.17, 15) is 0 Å². The maximum absolute atomic E-state index is 15.8. The first kappa shape index (κ1) is 41.5. The van der Waals surface area contributed by atoms with Gasteiger partial charge in [-0.25, -0.2) is 13.8 Å². The van der Waals surface area contributed by atoms with Crippen molar-refractivity contribution in [2.45, 2.75) is 13.1 Å². The Morgan fingerprint density at radius 1 is 0.484 bits per heavy atom. The van der Waals surface area contributed by atoms with E-state index in [-0.39, 0.29) is 11.5 Å². The minimum atomic E-state index is -0.377. The SMILES string of the molecule is CN1CCN(CCn2nc(-c3cccn3C)c3c(Cl)c(-c4ccccc4)nnc32)CC1.CN1CCN(CCn2nc(-c3cccn3C)c3c(F)c(-c4ccccc4)nnc32)CC1. The van der Waals surface area contributed by atoms with Crippen molar-refractivity contribution in [1.82, 2.24) is 68.7 Å². The molecule has 0 atom stereocenters. The second-order valence-electron chi connectivity index (χ2n) is 16.3. The van der Waals surface area contributed by atoms with Crippen LogP contribution in [0.2, 0.25) is 5.02 Å². The number of halogens is 2. The Morgan fingerprint density at radius 3 is 1.39 bits per heavy atom. The van der Waals surface area contributed by atoms with Gasteiger partial charge in [-0.3, -0.25) is 9.80 Å². The van der Waals surface area contributed by atoms with Gasteiger partial charge in [0.1, 0.15) is 22.8 Å². The summed E-state index contributed by atoms with van der Waals surface area (Å²) in [6.07, 6.45) is 3.96. The summed E-state index contributed by atoms with van der Waals surface area (Å²) in [6.45, 7) is 11.7. The number of rotatable bonds is 10. The number of piperazine rings is 2. The number of hydrogen-bond donors (Lipinski definition) is 0. The Labute approximate surface area is 365 Å². The van der Waals surface area contributed by atoms with Crippen LogP contribution in [0.1, 0.15) is 0 Å². The minimum absolute atomic E-state index is 0.252. The molecule has 0 aliphatic carbocycles. The molecular formula is C46H52ClFN14. The summed E-state index contributed by atoms with van der Waals surface area (Å²) in [5, 5.41) is 29.4. The van der Waals surface area contributed by atoms with Crippen molar-refractivity contribution in [3.05, 3.63) is 108 Å². The number of aromatic nitrogens is 10. The lowest BCUT2D eigenvalue weighted by Gasteiger charge is -2.32. The van der Waals surface area contributed by atoms with E-state index >= 15 is 4.39 Å². The van der Waals surface area contributed by atoms with Crippen LogP contribution in [0.25, 0.3) is 67.4 Å². The molecule has 0 spiro atoms. The molecule has 8 heterocycles. The highest BCUT2D eigenvalue weighted by molar-refractivity contribution is 6.38. The Bertz CT molecular complexity index is 2570. The summed E-state index contributed by atoms with van der Waals surface area (Å²) in [5.41, 5.74) is 7.13. The molecule has 2 fully saturated rings. The molecule has 0 radical (unpaired) electrons. The Hall–Kier alpha value is -5.84. The third-order valence-electron chi connectivity index (χ3n) is 12.1. The van der Waals surface area contributed by atoms with E-state index in [1.807, 2.05) is 115 Å². The molecule has 2 aliphatic heterocycles. The van der Waals surface area contributed by atoms with Gasteiger partial charge in [0.15, 0.2) is 17.1 Å². The van der Waals surface area contributed by atoms with Gasteiger partial charge in [0, 0.05) is 103 Å². The molecule has 0 saturated carbocycles. The monoisotopic (exact) mass is 854 g/mol. The van der Waals surface area contributed by atoms with Gasteiger partial charge < -0.3 is 18.9 Å². The zero-order chi connectivity index (χ0) is 42.7. The van der Waals surface area contributed by atoms with E-state index in [2.05, 4.69) is 64.7 Å². The second-order valence-corrected chi connectivity index (χ2v) is 16.7. The second kappa shape index (κ2) is 18.2. The van der Waals surface area contributed by atoms with E-state index in [0.717, 1.165) is 106 Å². The topological polar surface area (TPSA) is 110 Å². The third-order valence-corrected chi connectivity index (χ3v) is 12.5. The van der Waals surface area contributed by atoms with Crippen LogP contribution in [-0.4, -0.2) is 148 Å². The predicted octanol–water partition coefficient (Wildman–Crippen LogP) is 6.28. The third kappa shape index (κ3) is 8.50. The number of nitrogens with zero attached hydrogens (tertiary/aromatic N) is 14. The highest BCUT2D eigenvalue weighted by Gasteiger charge is 2.25. The van der Waals surface area contributed by atoms with Gasteiger partial charge in [0.05, 0.1) is 40.3 Å². The van der Waals surface area contributed by atoms with Gasteiger partial charge in [-0.05, 0) is 38.4 Å². The summed E-state index contributed by atoms with van der Waals surface area (Å²) in [5.74, 6) is -0.377. The molecule has 0 unspecified atom stereocenters. The molecule has 14 nitrogen and oxygen atoms in total. The largest absolute Gasteiger partial charge is 0.349 e. The van der Waals surface area contributed by atoms with Gasteiger partial charge >= 0.3 is 0 Å². The molecule has 0 N–H and O–H groups in total. The average Bonchev–Trinajstić information content (AvgIpc) is 4.10. The van der Waals surface area contributed by atoms with Crippen molar-refractivity contribution >= 4 is 33.7 Å². The van der Waals surface area contributed by atoms with Crippen molar-refractivity contribution < 1.29 is 4.39 Å². The lowest BCUT2D eigenvalue weighted by Crippen LogP contribution is -2.45. The molecule has 2 saturated heterocycles. The first-order valence-corrected chi connectivity index (χ1v) is 21.6. The zero-order valence-corrected chi connectivity index (χ0v) is 36.5. The predicted molar refractivity (Wildman–Crippen MR) is 243 cm³/mol. The van der Waals surface area contributed by atoms with Gasteiger partial charge in [-0.1, -0.05) is 72.3 Å². The van der Waals surface area contributed by atoms with E-state index in [4.69, 9.17) is 21.8 Å². The average molecular weight is 855 g/mol. The lowest BCUT2D eigenvalue weighted by atomic mass is 10.1. The van der Waals surface area contributed by atoms with Crippen LogP contribution in [0.4, 0.5) is 4.39 Å². The minimum Gasteiger partial charge on any atom is -0.349 e. The summed E-state index contributed by atoms with van der Waals surface area (Å²) < 4.78 is 23.6. The van der Waals surface area contributed by atoms with Crippen LogP contribution < -0.4 is 0 Å². The zero-order valence-electron chi connectivity index (χ0n) is 35.7. The fraction of sp³-hybridized carbons (Fsp3) is 0.348. The van der Waals surface area contributed by atoms with Crippen LogP contribution in [0.5, 0.6) is 0 Å². The Kier molecular flexibility index (Phi) is 12.2. The molecule has 6 aromatic heterocycles. The fourth-order valence-corrected chi connectivity index (χ4v) is 8.61. The highest BCUT2D eigenvalue weighted by Crippen LogP contribution is 2.37. The lowest BCUT2D eigenvalue weighted by molar-refractivity contribution is 0.149. The fourth-order valence-electron chi connectivity index (χ4n) is 8.29. The molecule has 62 heavy (non-hydrogen) atoms. The standard InChI is InChI=1S/C23H26ClN7.C23H26FN7/c2*1-28-11-13-30(14-12-28)15-16-31-23-19(22(27-31)18-9-6-10-29(18)2)20(24)21(25-26-23)17-7-4-3-5-8-17/h2*3-10H,11-16H2,1-2H3. The van der Waals surface area contributed by atoms with Gasteiger partial charge in [0.25, 0.3) is 0 Å². The van der Waals surface area contributed by atoms with Gasteiger partial charge in [-0.15, -0.1) is 20.4 Å². The molecule has 16 heteroatoms. The van der Waals surface area contributed by atoms with Crippen molar-refractivity contribution in [3.8, 4) is 45.3 Å². The van der Waals surface area contributed by atoms with Crippen LogP contribution in [0.15, 0.2) is 97.3 Å². The Morgan fingerprint density at radius 2 is 0.919 bits per heavy atom. The van der Waals surface area contributed by atoms with E-state index in [1.165, 1.54) is 0 Å². The van der Waals surface area contributed by atoms with Gasteiger partial charge in [-0.2, -0.15) is 10.2 Å². The number of hydrogen-bond acceptors (Lipinski definition) is 10. The molecule has 320 valence electrons. The van der Waals surface area contributed by atoms with E-state index in [1.54, 1.807) is 4.68 Å². The first-order chi connectivity index (χ1) is 30.2. The summed E-state index contributed by atoms with van der Waals surface area (Å²) in [7, 11) is 8.28. The smallest absolute Gasteiger partial charge is 0.184 e. The van der Waals surface area contributed by atoms with Crippen LogP contribution in [-0.2, 0) is 27.2 Å². The number of benzene rings is 2. The maximum atomic E-state index is 15.8. The quantitative estimate of drug-likeness (QED) is 0.156. The van der Waals surface area contributed by atoms with Crippen LogP contribution in [0.3, 0.4) is 0 Å². The van der Waals surface area contributed by atoms with Crippen molar-refractivity contribution in [2.24, 2.45) is 14.1 Å². The van der Waals surface area contributed by atoms with Gasteiger partial charge in [0.2, 0.25) is 0 Å². The Balaban J connectivity index is 0.000000158. The normalized spacial score (nSPS) is 15.7. The van der Waals surface area contributed by atoms with Crippen molar-refractivity contribution in [1.29, 1.82) is 0 Å². The molecule has 0 bridgehead atoms. The first-order valence-electron chi connectivity index (χ1n) is 21.2. The molecule has 2 aromatic carbocycles. The maximum Gasteiger partial charge on any atom is 0.184 e. The van der Waals surface area contributed by atoms with Crippen molar-refractivity contribution in [2.75, 3.05) is 79.5 Å². The van der Waals surface area contributed by atoms with E-state index < -0.39 is 0 Å². The summed E-state index contributed by atoms with van der Waals surface area (Å²) in [4.78, 5) is 9.59. The molecule has 0 amide bonds. The molecule has 8 aromatic rings. The molecule has 2 aliphatic rings. The van der Waals surface area contributed by atoms with Crippen LogP contribution in [0, 0.1) is 5.82 Å². The highest BCUT2D eigenvalue weighted by atomic mass is 35.5.